The van der Waals surface area contributed by atoms with Gasteiger partial charge in [-0.25, -0.2) is 4.98 Å². The Morgan fingerprint density at radius 1 is 1.20 bits per heavy atom. The number of nitrogens with zero attached hydrogens (tertiary/aromatic N) is 2. The fourth-order valence-electron chi connectivity index (χ4n) is 2.01. The van der Waals surface area contributed by atoms with Crippen LogP contribution in [0.4, 0.5) is 0 Å². The molecule has 0 fully saturated rings. The Bertz CT molecular complexity index is 823. The number of hydrogen-bond acceptors (Lipinski definition) is 3. The summed E-state index contributed by atoms with van der Waals surface area (Å²) in [6.45, 7) is 2.05. The highest BCUT2D eigenvalue weighted by molar-refractivity contribution is 7.19. The van der Waals surface area contributed by atoms with Crippen LogP contribution in [-0.4, -0.2) is 4.98 Å². The second-order valence-electron chi connectivity index (χ2n) is 4.57. The third-order valence-corrected chi connectivity index (χ3v) is 4.07. The van der Waals surface area contributed by atoms with Crippen LogP contribution >= 0.6 is 11.3 Å². The fourth-order valence-corrected chi connectivity index (χ4v) is 2.92. The van der Waals surface area contributed by atoms with Gasteiger partial charge in [0.25, 0.3) is 0 Å². The predicted molar refractivity (Wildman–Crippen MR) is 84.3 cm³/mol. The van der Waals surface area contributed by atoms with E-state index < -0.39 is 0 Å². The summed E-state index contributed by atoms with van der Waals surface area (Å²) in [7, 11) is 0. The molecule has 0 N–H and O–H groups in total. The molecule has 96 valence electrons. The van der Waals surface area contributed by atoms with Gasteiger partial charge in [0.05, 0.1) is 15.8 Å². The van der Waals surface area contributed by atoms with Crippen LogP contribution in [0.15, 0.2) is 48.5 Å². The first-order valence-corrected chi connectivity index (χ1v) is 7.12. The van der Waals surface area contributed by atoms with Crippen molar-refractivity contribution in [1.29, 1.82) is 5.26 Å². The number of fused-ring (bicyclic) bond motifs is 1. The summed E-state index contributed by atoms with van der Waals surface area (Å²) in [6, 6.07) is 18.3. The van der Waals surface area contributed by atoms with E-state index in [2.05, 4.69) is 23.2 Å². The molecule has 2 aromatic carbocycles. The standard InChI is InChI=1S/C17H12N2S/c1-12-7-8-16-15(9-12)19-17(20-16)14(11-18)10-13-5-3-2-4-6-13/h2-10H,1H3/b14-10+. The maximum atomic E-state index is 9.37. The third kappa shape index (κ3) is 2.47. The van der Waals surface area contributed by atoms with E-state index >= 15 is 0 Å². The molecule has 0 aliphatic rings. The lowest BCUT2D eigenvalue weighted by atomic mass is 10.1. The lowest BCUT2D eigenvalue weighted by Gasteiger charge is -1.94. The normalized spacial score (nSPS) is 11.5. The fraction of sp³-hybridized carbons (Fsp3) is 0.0588. The van der Waals surface area contributed by atoms with E-state index in [-0.39, 0.29) is 0 Å². The highest BCUT2D eigenvalue weighted by Crippen LogP contribution is 2.28. The molecule has 0 aliphatic heterocycles. The number of aromatic nitrogens is 1. The highest BCUT2D eigenvalue weighted by Gasteiger charge is 2.08. The van der Waals surface area contributed by atoms with E-state index in [1.165, 1.54) is 5.56 Å². The summed E-state index contributed by atoms with van der Waals surface area (Å²) in [4.78, 5) is 4.57. The molecule has 3 heteroatoms. The summed E-state index contributed by atoms with van der Waals surface area (Å²) in [5, 5.41) is 10.1. The Hall–Kier alpha value is -2.44. The number of benzene rings is 2. The Labute approximate surface area is 121 Å². The first kappa shape index (κ1) is 12.6. The van der Waals surface area contributed by atoms with E-state index in [0.29, 0.717) is 5.57 Å². The molecule has 3 rings (SSSR count). The summed E-state index contributed by atoms with van der Waals surface area (Å²) in [5.41, 5.74) is 3.76. The minimum atomic E-state index is 0.607. The van der Waals surface area contributed by atoms with Crippen LogP contribution in [0.2, 0.25) is 0 Å². The van der Waals surface area contributed by atoms with Crippen molar-refractivity contribution in [1.82, 2.24) is 4.98 Å². The summed E-state index contributed by atoms with van der Waals surface area (Å²) < 4.78 is 1.11. The van der Waals surface area contributed by atoms with Gasteiger partial charge in [0.15, 0.2) is 0 Å². The molecule has 0 saturated heterocycles. The molecule has 0 spiro atoms. The average Bonchev–Trinajstić information content (AvgIpc) is 2.88. The van der Waals surface area contributed by atoms with Crippen molar-refractivity contribution in [3.05, 3.63) is 64.7 Å². The molecular weight excluding hydrogens is 264 g/mol. The predicted octanol–water partition coefficient (Wildman–Crippen LogP) is 4.67. The first-order valence-electron chi connectivity index (χ1n) is 6.31. The SMILES string of the molecule is Cc1ccc2sc(/C(C#N)=C/c3ccccc3)nc2c1. The lowest BCUT2D eigenvalue weighted by molar-refractivity contribution is 1.41. The first-order chi connectivity index (χ1) is 9.76. The molecule has 2 nitrogen and oxygen atoms in total. The zero-order valence-electron chi connectivity index (χ0n) is 11.0. The van der Waals surface area contributed by atoms with Crippen LogP contribution in [0.1, 0.15) is 16.1 Å². The van der Waals surface area contributed by atoms with Gasteiger partial charge in [-0.3, -0.25) is 0 Å². The van der Waals surface area contributed by atoms with E-state index in [0.717, 1.165) is 20.8 Å². The molecule has 0 aliphatic carbocycles. The monoisotopic (exact) mass is 276 g/mol. The number of aryl methyl sites for hydroxylation is 1. The summed E-state index contributed by atoms with van der Waals surface area (Å²) >= 11 is 1.56. The van der Waals surface area contributed by atoms with Gasteiger partial charge in [0, 0.05) is 0 Å². The van der Waals surface area contributed by atoms with Gasteiger partial charge in [-0.2, -0.15) is 5.26 Å². The number of nitriles is 1. The van der Waals surface area contributed by atoms with Crippen LogP contribution in [0.25, 0.3) is 21.9 Å². The van der Waals surface area contributed by atoms with E-state index in [4.69, 9.17) is 0 Å². The van der Waals surface area contributed by atoms with Crippen LogP contribution in [0, 0.1) is 18.3 Å². The number of thiazole rings is 1. The average molecular weight is 276 g/mol. The van der Waals surface area contributed by atoms with E-state index in [1.54, 1.807) is 11.3 Å². The lowest BCUT2D eigenvalue weighted by Crippen LogP contribution is -1.80. The van der Waals surface area contributed by atoms with Gasteiger partial charge >= 0.3 is 0 Å². The minimum absolute atomic E-state index is 0.607. The van der Waals surface area contributed by atoms with Gasteiger partial charge in [-0.1, -0.05) is 36.4 Å². The second-order valence-corrected chi connectivity index (χ2v) is 5.60. The number of allylic oxidation sites excluding steroid dienone is 1. The molecule has 0 saturated carbocycles. The van der Waals surface area contributed by atoms with Crippen LogP contribution in [-0.2, 0) is 0 Å². The van der Waals surface area contributed by atoms with Crippen molar-refractivity contribution in [2.75, 3.05) is 0 Å². The zero-order chi connectivity index (χ0) is 13.9. The maximum absolute atomic E-state index is 9.37. The summed E-state index contributed by atoms with van der Waals surface area (Å²) in [6.07, 6.45) is 1.88. The Kier molecular flexibility index (Phi) is 3.32. The van der Waals surface area contributed by atoms with Gasteiger partial charge in [-0.15, -0.1) is 11.3 Å². The Morgan fingerprint density at radius 2 is 2.00 bits per heavy atom. The molecule has 0 amide bonds. The largest absolute Gasteiger partial charge is 0.235 e. The van der Waals surface area contributed by atoms with Crippen molar-refractivity contribution < 1.29 is 0 Å². The van der Waals surface area contributed by atoms with Gasteiger partial charge in [-0.05, 0) is 36.3 Å². The summed E-state index contributed by atoms with van der Waals surface area (Å²) in [5.74, 6) is 0. The zero-order valence-corrected chi connectivity index (χ0v) is 11.8. The third-order valence-electron chi connectivity index (χ3n) is 3.00. The molecule has 0 unspecified atom stereocenters. The Balaban J connectivity index is 2.08. The van der Waals surface area contributed by atoms with Crippen molar-refractivity contribution in [2.24, 2.45) is 0 Å². The topological polar surface area (TPSA) is 36.7 Å². The minimum Gasteiger partial charge on any atom is -0.235 e. The van der Waals surface area contributed by atoms with Crippen molar-refractivity contribution >= 4 is 33.2 Å². The molecule has 20 heavy (non-hydrogen) atoms. The van der Waals surface area contributed by atoms with Gasteiger partial charge in [0.1, 0.15) is 11.1 Å². The van der Waals surface area contributed by atoms with E-state index in [9.17, 15) is 5.26 Å². The van der Waals surface area contributed by atoms with Crippen LogP contribution < -0.4 is 0 Å². The van der Waals surface area contributed by atoms with Crippen molar-refractivity contribution in [3.8, 4) is 6.07 Å². The second kappa shape index (κ2) is 5.28. The van der Waals surface area contributed by atoms with Crippen LogP contribution in [0.3, 0.4) is 0 Å². The molecule has 0 bridgehead atoms. The van der Waals surface area contributed by atoms with Crippen LogP contribution in [0.5, 0.6) is 0 Å². The molecule has 1 heterocycles. The molecule has 1 aromatic heterocycles. The Morgan fingerprint density at radius 3 is 2.75 bits per heavy atom. The molecule has 0 atom stereocenters. The quantitative estimate of drug-likeness (QED) is 0.638. The number of rotatable bonds is 2. The van der Waals surface area contributed by atoms with E-state index in [1.807, 2.05) is 49.4 Å². The molecule has 0 radical (unpaired) electrons. The number of hydrogen-bond donors (Lipinski definition) is 0. The van der Waals surface area contributed by atoms with Crippen molar-refractivity contribution in [3.63, 3.8) is 0 Å². The molecule has 3 aromatic rings. The molecular formula is C17H12N2S. The highest BCUT2D eigenvalue weighted by atomic mass is 32.1. The maximum Gasteiger partial charge on any atom is 0.135 e. The van der Waals surface area contributed by atoms with Crippen molar-refractivity contribution in [2.45, 2.75) is 6.92 Å². The van der Waals surface area contributed by atoms with Gasteiger partial charge in [0.2, 0.25) is 0 Å². The smallest absolute Gasteiger partial charge is 0.135 e. The van der Waals surface area contributed by atoms with Gasteiger partial charge < -0.3 is 0 Å².